The van der Waals surface area contributed by atoms with Gasteiger partial charge in [-0.25, -0.2) is 0 Å². The topological polar surface area (TPSA) is 58.4 Å². The van der Waals surface area contributed by atoms with Crippen LogP contribution < -0.4 is 16.0 Å². The second-order valence-corrected chi connectivity index (χ2v) is 5.58. The lowest BCUT2D eigenvalue weighted by atomic mass is 9.96. The van der Waals surface area contributed by atoms with E-state index in [4.69, 9.17) is 5.73 Å². The monoisotopic (exact) mass is 275 g/mol. The van der Waals surface area contributed by atoms with E-state index >= 15 is 0 Å². The number of aryl methyl sites for hydroxylation is 1. The Kier molecular flexibility index (Phi) is 5.01. The summed E-state index contributed by atoms with van der Waals surface area (Å²) in [4.78, 5) is 13.6. The van der Waals surface area contributed by atoms with E-state index in [9.17, 15) is 4.79 Å². The SMILES string of the molecule is CCNCc1ccc(N2CCCC(C(N)=O)C2)cc1C. The molecular weight excluding hydrogens is 250 g/mol. The maximum Gasteiger partial charge on any atom is 0.222 e. The second kappa shape index (κ2) is 6.75. The Morgan fingerprint density at radius 3 is 2.95 bits per heavy atom. The largest absolute Gasteiger partial charge is 0.371 e. The first-order valence-electron chi connectivity index (χ1n) is 7.46. The molecule has 1 saturated heterocycles. The highest BCUT2D eigenvalue weighted by molar-refractivity contribution is 5.77. The van der Waals surface area contributed by atoms with Crippen LogP contribution in [0.25, 0.3) is 0 Å². The van der Waals surface area contributed by atoms with Crippen molar-refractivity contribution >= 4 is 11.6 Å². The molecule has 1 atom stereocenters. The van der Waals surface area contributed by atoms with Gasteiger partial charge in [-0.3, -0.25) is 4.79 Å². The number of carbonyl (C=O) groups excluding carboxylic acids is 1. The summed E-state index contributed by atoms with van der Waals surface area (Å²) in [5, 5.41) is 3.35. The minimum Gasteiger partial charge on any atom is -0.371 e. The van der Waals surface area contributed by atoms with Crippen LogP contribution in [-0.2, 0) is 11.3 Å². The second-order valence-electron chi connectivity index (χ2n) is 5.58. The predicted octanol–water partition coefficient (Wildman–Crippen LogP) is 1.81. The van der Waals surface area contributed by atoms with Crippen LogP contribution in [0.4, 0.5) is 5.69 Å². The summed E-state index contributed by atoms with van der Waals surface area (Å²) in [5.74, 6) is -0.180. The maximum absolute atomic E-state index is 11.4. The van der Waals surface area contributed by atoms with Crippen molar-refractivity contribution in [1.82, 2.24) is 5.32 Å². The van der Waals surface area contributed by atoms with Crippen molar-refractivity contribution in [3.05, 3.63) is 29.3 Å². The summed E-state index contributed by atoms with van der Waals surface area (Å²) < 4.78 is 0. The lowest BCUT2D eigenvalue weighted by molar-refractivity contribution is -0.122. The maximum atomic E-state index is 11.4. The zero-order valence-corrected chi connectivity index (χ0v) is 12.5. The number of nitrogens with zero attached hydrogens (tertiary/aromatic N) is 1. The van der Waals surface area contributed by atoms with Gasteiger partial charge in [-0.1, -0.05) is 13.0 Å². The zero-order chi connectivity index (χ0) is 14.5. The fraction of sp³-hybridized carbons (Fsp3) is 0.562. The van der Waals surface area contributed by atoms with Crippen LogP contribution in [0.2, 0.25) is 0 Å². The smallest absolute Gasteiger partial charge is 0.222 e. The molecule has 20 heavy (non-hydrogen) atoms. The Balaban J connectivity index is 2.08. The normalized spacial score (nSPS) is 19.1. The molecule has 3 N–H and O–H groups in total. The molecule has 4 heteroatoms. The molecule has 0 saturated carbocycles. The molecule has 4 nitrogen and oxygen atoms in total. The van der Waals surface area contributed by atoms with Crippen molar-refractivity contribution in [3.8, 4) is 0 Å². The van der Waals surface area contributed by atoms with Crippen molar-refractivity contribution in [2.75, 3.05) is 24.5 Å². The molecule has 0 aromatic heterocycles. The molecule has 1 fully saturated rings. The Morgan fingerprint density at radius 2 is 2.30 bits per heavy atom. The van der Waals surface area contributed by atoms with Gasteiger partial charge in [0.1, 0.15) is 0 Å². The van der Waals surface area contributed by atoms with Crippen molar-refractivity contribution in [2.24, 2.45) is 11.7 Å². The summed E-state index contributed by atoms with van der Waals surface area (Å²) in [7, 11) is 0. The molecule has 110 valence electrons. The van der Waals surface area contributed by atoms with E-state index in [1.165, 1.54) is 16.8 Å². The number of benzene rings is 1. The molecule has 1 aliphatic heterocycles. The molecule has 1 aromatic carbocycles. The van der Waals surface area contributed by atoms with Crippen LogP contribution in [0.3, 0.4) is 0 Å². The highest BCUT2D eigenvalue weighted by Gasteiger charge is 2.24. The summed E-state index contributed by atoms with van der Waals surface area (Å²) >= 11 is 0. The molecule has 0 spiro atoms. The van der Waals surface area contributed by atoms with Crippen molar-refractivity contribution in [1.29, 1.82) is 0 Å². The van der Waals surface area contributed by atoms with E-state index in [-0.39, 0.29) is 11.8 Å². The predicted molar refractivity (Wildman–Crippen MR) is 82.7 cm³/mol. The first-order valence-corrected chi connectivity index (χ1v) is 7.46. The lowest BCUT2D eigenvalue weighted by Crippen LogP contribution is -2.41. The van der Waals surface area contributed by atoms with Gasteiger partial charge in [0.15, 0.2) is 0 Å². The summed E-state index contributed by atoms with van der Waals surface area (Å²) in [6.45, 7) is 7.91. The lowest BCUT2D eigenvalue weighted by Gasteiger charge is -2.33. The molecule has 1 heterocycles. The molecule has 0 aliphatic carbocycles. The van der Waals surface area contributed by atoms with E-state index in [2.05, 4.69) is 42.3 Å². The number of hydrogen-bond donors (Lipinski definition) is 2. The first kappa shape index (κ1) is 14.9. The van der Waals surface area contributed by atoms with Crippen LogP contribution in [-0.4, -0.2) is 25.5 Å². The van der Waals surface area contributed by atoms with Crippen LogP contribution >= 0.6 is 0 Å². The quantitative estimate of drug-likeness (QED) is 0.861. The number of nitrogens with two attached hydrogens (primary N) is 1. The first-order chi connectivity index (χ1) is 9.61. The van der Waals surface area contributed by atoms with E-state index in [0.717, 1.165) is 39.0 Å². The van der Waals surface area contributed by atoms with Gasteiger partial charge in [0.25, 0.3) is 0 Å². The molecule has 2 rings (SSSR count). The highest BCUT2D eigenvalue weighted by Crippen LogP contribution is 2.25. The number of piperidine rings is 1. The van der Waals surface area contributed by atoms with Gasteiger partial charge in [-0.15, -0.1) is 0 Å². The minimum atomic E-state index is -0.171. The molecular formula is C16H25N3O. The minimum absolute atomic E-state index is 0.00880. The van der Waals surface area contributed by atoms with Crippen molar-refractivity contribution < 1.29 is 4.79 Å². The van der Waals surface area contributed by atoms with E-state index in [1.807, 2.05) is 0 Å². The Hall–Kier alpha value is -1.55. The molecule has 0 radical (unpaired) electrons. The average Bonchev–Trinajstić information content (AvgIpc) is 2.46. The Morgan fingerprint density at radius 1 is 1.50 bits per heavy atom. The Labute approximate surface area is 121 Å². The van der Waals surface area contributed by atoms with E-state index in [1.54, 1.807) is 0 Å². The van der Waals surface area contributed by atoms with Crippen molar-refractivity contribution in [2.45, 2.75) is 33.2 Å². The van der Waals surface area contributed by atoms with E-state index < -0.39 is 0 Å². The number of carbonyl (C=O) groups is 1. The zero-order valence-electron chi connectivity index (χ0n) is 12.5. The van der Waals surface area contributed by atoms with Gasteiger partial charge in [0.2, 0.25) is 5.91 Å². The number of rotatable bonds is 5. The van der Waals surface area contributed by atoms with Crippen LogP contribution in [0.15, 0.2) is 18.2 Å². The third-order valence-electron chi connectivity index (χ3n) is 4.08. The fourth-order valence-corrected chi connectivity index (χ4v) is 2.78. The van der Waals surface area contributed by atoms with Gasteiger partial charge < -0.3 is 16.0 Å². The summed E-state index contributed by atoms with van der Waals surface area (Å²) in [6, 6.07) is 6.56. The highest BCUT2D eigenvalue weighted by atomic mass is 16.1. The van der Waals surface area contributed by atoms with Gasteiger partial charge >= 0.3 is 0 Å². The van der Waals surface area contributed by atoms with Gasteiger partial charge in [-0.2, -0.15) is 0 Å². The Bertz CT molecular complexity index is 473. The average molecular weight is 275 g/mol. The van der Waals surface area contributed by atoms with E-state index in [0.29, 0.717) is 0 Å². The summed E-state index contributed by atoms with van der Waals surface area (Å²) in [6.07, 6.45) is 1.95. The number of amides is 1. The molecule has 0 bridgehead atoms. The summed E-state index contributed by atoms with van der Waals surface area (Å²) in [5.41, 5.74) is 9.27. The number of nitrogens with one attached hydrogen (secondary N) is 1. The van der Waals surface area contributed by atoms with Crippen molar-refractivity contribution in [3.63, 3.8) is 0 Å². The molecule has 1 amide bonds. The third kappa shape index (κ3) is 3.51. The van der Waals surface area contributed by atoms with Crippen LogP contribution in [0.5, 0.6) is 0 Å². The number of primary amides is 1. The third-order valence-corrected chi connectivity index (χ3v) is 4.08. The standard InChI is InChI=1S/C16H25N3O/c1-3-18-10-13-6-7-15(9-12(13)2)19-8-4-5-14(11-19)16(17)20/h6-7,9,14,18H,3-5,8,10-11H2,1-2H3,(H2,17,20). The van der Waals surface area contributed by atoms with Gasteiger partial charge in [-0.05, 0) is 49.6 Å². The molecule has 1 aliphatic rings. The fourth-order valence-electron chi connectivity index (χ4n) is 2.78. The molecule has 1 aromatic rings. The van der Waals surface area contributed by atoms with Gasteiger partial charge in [0.05, 0.1) is 5.92 Å². The number of anilines is 1. The number of hydrogen-bond acceptors (Lipinski definition) is 3. The molecule has 1 unspecified atom stereocenters. The van der Waals surface area contributed by atoms with Crippen LogP contribution in [0.1, 0.15) is 30.9 Å². The van der Waals surface area contributed by atoms with Gasteiger partial charge in [0, 0.05) is 25.3 Å². The van der Waals surface area contributed by atoms with Crippen LogP contribution in [0, 0.1) is 12.8 Å².